The molecule has 1 N–H and O–H groups in total. The molecule has 0 aromatic heterocycles. The van der Waals surface area contributed by atoms with Crippen molar-refractivity contribution in [3.8, 4) is 5.75 Å². The number of benzene rings is 2. The van der Waals surface area contributed by atoms with Gasteiger partial charge < -0.3 is 19.9 Å². The standard InChI is InChI=1S/C24H30N4O3/c1-31-22-6-3-2-5-21(22)27-17-15-26(16-18-27)14-12-23(29)25-19-8-10-20(11-9-19)28-13-4-7-24(28)30/h2-3,5-6,8-11H,4,7,12-18H2,1H3,(H,25,29). The number of carbonyl (C=O) groups excluding carboxylic acids is 2. The fourth-order valence-corrected chi connectivity index (χ4v) is 4.23. The smallest absolute Gasteiger partial charge is 0.227 e. The van der Waals surface area contributed by atoms with Crippen LogP contribution in [0, 0.1) is 0 Å². The van der Waals surface area contributed by atoms with Crippen LogP contribution >= 0.6 is 0 Å². The van der Waals surface area contributed by atoms with Gasteiger partial charge in [0.25, 0.3) is 0 Å². The van der Waals surface area contributed by atoms with Crippen LogP contribution in [0.1, 0.15) is 19.3 Å². The van der Waals surface area contributed by atoms with Gasteiger partial charge in [0.2, 0.25) is 11.8 Å². The normalized spacial score (nSPS) is 17.1. The maximum Gasteiger partial charge on any atom is 0.227 e. The van der Waals surface area contributed by atoms with Crippen LogP contribution in [-0.4, -0.2) is 63.1 Å². The van der Waals surface area contributed by atoms with E-state index in [9.17, 15) is 9.59 Å². The van der Waals surface area contributed by atoms with Gasteiger partial charge >= 0.3 is 0 Å². The zero-order valence-corrected chi connectivity index (χ0v) is 18.0. The summed E-state index contributed by atoms with van der Waals surface area (Å²) in [4.78, 5) is 30.7. The first kappa shape index (κ1) is 21.2. The Morgan fingerprint density at radius 3 is 2.42 bits per heavy atom. The van der Waals surface area contributed by atoms with Crippen molar-refractivity contribution in [2.45, 2.75) is 19.3 Å². The van der Waals surface area contributed by atoms with Gasteiger partial charge in [-0.25, -0.2) is 0 Å². The molecule has 2 fully saturated rings. The Balaban J connectivity index is 1.21. The molecular weight excluding hydrogens is 392 g/mol. The number of hydrogen-bond donors (Lipinski definition) is 1. The van der Waals surface area contributed by atoms with Crippen LogP contribution in [0.15, 0.2) is 48.5 Å². The van der Waals surface area contributed by atoms with Gasteiger partial charge in [-0.1, -0.05) is 12.1 Å². The first-order valence-corrected chi connectivity index (χ1v) is 10.9. The molecule has 2 aromatic carbocycles. The van der Waals surface area contributed by atoms with Gasteiger partial charge in [0, 0.05) is 63.5 Å². The van der Waals surface area contributed by atoms with E-state index in [-0.39, 0.29) is 11.8 Å². The average Bonchev–Trinajstić information content (AvgIpc) is 3.24. The lowest BCUT2D eigenvalue weighted by Crippen LogP contribution is -2.47. The van der Waals surface area contributed by atoms with Crippen molar-refractivity contribution < 1.29 is 14.3 Å². The Labute approximate surface area is 183 Å². The molecule has 4 rings (SSSR count). The predicted octanol–water partition coefficient (Wildman–Crippen LogP) is 2.97. The number of hydrogen-bond acceptors (Lipinski definition) is 5. The van der Waals surface area contributed by atoms with Crippen molar-refractivity contribution in [1.82, 2.24) is 4.90 Å². The average molecular weight is 423 g/mol. The second-order valence-electron chi connectivity index (χ2n) is 7.99. The summed E-state index contributed by atoms with van der Waals surface area (Å²) in [7, 11) is 1.70. The summed E-state index contributed by atoms with van der Waals surface area (Å²) in [5, 5.41) is 2.96. The topological polar surface area (TPSA) is 65.1 Å². The van der Waals surface area contributed by atoms with Crippen LogP contribution < -0.4 is 19.9 Å². The van der Waals surface area contributed by atoms with E-state index < -0.39 is 0 Å². The highest BCUT2D eigenvalue weighted by Crippen LogP contribution is 2.28. The molecule has 0 saturated carbocycles. The summed E-state index contributed by atoms with van der Waals surface area (Å²) in [6, 6.07) is 15.6. The van der Waals surface area contributed by atoms with E-state index in [0.29, 0.717) is 12.8 Å². The van der Waals surface area contributed by atoms with E-state index in [1.807, 2.05) is 42.5 Å². The molecule has 2 heterocycles. The number of para-hydroxylation sites is 2. The number of piperazine rings is 1. The molecule has 0 atom stereocenters. The van der Waals surface area contributed by atoms with E-state index >= 15 is 0 Å². The van der Waals surface area contributed by atoms with E-state index in [0.717, 1.165) is 68.5 Å². The fraction of sp³-hybridized carbons (Fsp3) is 0.417. The van der Waals surface area contributed by atoms with Crippen molar-refractivity contribution in [2.75, 3.05) is 61.5 Å². The Hall–Kier alpha value is -3.06. The summed E-state index contributed by atoms with van der Waals surface area (Å²) in [6.07, 6.45) is 1.98. The maximum atomic E-state index is 12.4. The van der Waals surface area contributed by atoms with Gasteiger partial charge in [-0.05, 0) is 42.8 Å². The molecule has 2 aromatic rings. The van der Waals surface area contributed by atoms with E-state index in [2.05, 4.69) is 21.2 Å². The first-order chi connectivity index (χ1) is 15.1. The highest BCUT2D eigenvalue weighted by molar-refractivity contribution is 5.96. The van der Waals surface area contributed by atoms with Crippen molar-refractivity contribution in [1.29, 1.82) is 0 Å². The maximum absolute atomic E-state index is 12.4. The third-order valence-corrected chi connectivity index (χ3v) is 5.99. The van der Waals surface area contributed by atoms with E-state index in [1.165, 1.54) is 0 Å². The van der Waals surface area contributed by atoms with Crippen LogP contribution in [0.5, 0.6) is 5.75 Å². The lowest BCUT2D eigenvalue weighted by molar-refractivity contribution is -0.117. The number of nitrogens with zero attached hydrogens (tertiary/aromatic N) is 3. The second-order valence-corrected chi connectivity index (χ2v) is 7.99. The molecule has 2 saturated heterocycles. The lowest BCUT2D eigenvalue weighted by Gasteiger charge is -2.36. The molecule has 0 spiro atoms. The number of nitrogens with one attached hydrogen (secondary N) is 1. The van der Waals surface area contributed by atoms with Crippen molar-refractivity contribution in [3.05, 3.63) is 48.5 Å². The SMILES string of the molecule is COc1ccccc1N1CCN(CCC(=O)Nc2ccc(N3CCCC3=O)cc2)CC1. The van der Waals surface area contributed by atoms with Crippen LogP contribution in [0.2, 0.25) is 0 Å². The molecule has 2 amide bonds. The largest absolute Gasteiger partial charge is 0.495 e. The van der Waals surface area contributed by atoms with Gasteiger partial charge in [-0.2, -0.15) is 0 Å². The van der Waals surface area contributed by atoms with Crippen LogP contribution in [0.4, 0.5) is 17.1 Å². The van der Waals surface area contributed by atoms with Gasteiger partial charge in [0.15, 0.2) is 0 Å². The second kappa shape index (κ2) is 9.83. The first-order valence-electron chi connectivity index (χ1n) is 10.9. The summed E-state index contributed by atoms with van der Waals surface area (Å²) >= 11 is 0. The van der Waals surface area contributed by atoms with Crippen LogP contribution in [0.25, 0.3) is 0 Å². The summed E-state index contributed by atoms with van der Waals surface area (Å²) in [6.45, 7) is 5.19. The summed E-state index contributed by atoms with van der Waals surface area (Å²) < 4.78 is 5.47. The Morgan fingerprint density at radius 2 is 1.74 bits per heavy atom. The minimum atomic E-state index is 0.0113. The van der Waals surface area contributed by atoms with Crippen LogP contribution in [-0.2, 0) is 9.59 Å². The molecule has 2 aliphatic rings. The Morgan fingerprint density at radius 1 is 1.00 bits per heavy atom. The minimum Gasteiger partial charge on any atom is -0.495 e. The molecule has 7 nitrogen and oxygen atoms in total. The predicted molar refractivity (Wildman–Crippen MR) is 123 cm³/mol. The van der Waals surface area contributed by atoms with Gasteiger partial charge in [-0.15, -0.1) is 0 Å². The molecule has 0 radical (unpaired) electrons. The number of rotatable bonds is 7. The zero-order valence-electron chi connectivity index (χ0n) is 18.0. The Bertz CT molecular complexity index is 907. The molecule has 0 aliphatic carbocycles. The van der Waals surface area contributed by atoms with E-state index in [4.69, 9.17) is 4.74 Å². The number of anilines is 3. The highest BCUT2D eigenvalue weighted by atomic mass is 16.5. The third kappa shape index (κ3) is 5.17. The molecule has 0 bridgehead atoms. The zero-order chi connectivity index (χ0) is 21.6. The fourth-order valence-electron chi connectivity index (χ4n) is 4.23. The third-order valence-electron chi connectivity index (χ3n) is 5.99. The quantitative estimate of drug-likeness (QED) is 0.743. The van der Waals surface area contributed by atoms with Gasteiger partial charge in [0.05, 0.1) is 12.8 Å². The number of amides is 2. The molecule has 0 unspecified atom stereocenters. The molecule has 7 heteroatoms. The molecule has 164 valence electrons. The summed E-state index contributed by atoms with van der Waals surface area (Å²) in [5.41, 5.74) is 2.79. The number of ether oxygens (including phenoxy) is 1. The Kier molecular flexibility index (Phi) is 6.72. The lowest BCUT2D eigenvalue weighted by atomic mass is 10.2. The summed E-state index contributed by atoms with van der Waals surface area (Å²) in [5.74, 6) is 1.08. The number of methoxy groups -OCH3 is 1. The number of carbonyl (C=O) groups is 2. The van der Waals surface area contributed by atoms with Crippen molar-refractivity contribution in [3.63, 3.8) is 0 Å². The highest BCUT2D eigenvalue weighted by Gasteiger charge is 2.22. The molecule has 31 heavy (non-hydrogen) atoms. The molecule has 2 aliphatic heterocycles. The van der Waals surface area contributed by atoms with E-state index in [1.54, 1.807) is 12.0 Å². The van der Waals surface area contributed by atoms with Gasteiger partial charge in [-0.3, -0.25) is 14.5 Å². The van der Waals surface area contributed by atoms with Crippen LogP contribution in [0.3, 0.4) is 0 Å². The monoisotopic (exact) mass is 422 g/mol. The molecular formula is C24H30N4O3. The van der Waals surface area contributed by atoms with Crippen molar-refractivity contribution in [2.24, 2.45) is 0 Å². The van der Waals surface area contributed by atoms with Gasteiger partial charge in [0.1, 0.15) is 5.75 Å². The van der Waals surface area contributed by atoms with Crippen molar-refractivity contribution >= 4 is 28.9 Å². The minimum absolute atomic E-state index is 0.0113.